The first-order chi connectivity index (χ1) is 9.95. The summed E-state index contributed by atoms with van der Waals surface area (Å²) >= 11 is 0. The van der Waals surface area contributed by atoms with Gasteiger partial charge in [-0.2, -0.15) is 0 Å². The van der Waals surface area contributed by atoms with Gasteiger partial charge in [0.2, 0.25) is 0 Å². The first kappa shape index (κ1) is 16.0. The van der Waals surface area contributed by atoms with Crippen molar-refractivity contribution in [2.24, 2.45) is 0 Å². The van der Waals surface area contributed by atoms with Crippen molar-refractivity contribution in [3.8, 4) is 0 Å². The molecule has 0 spiro atoms. The second-order valence-electron chi connectivity index (χ2n) is 5.31. The van der Waals surface area contributed by atoms with Crippen molar-refractivity contribution >= 4 is 15.8 Å². The summed E-state index contributed by atoms with van der Waals surface area (Å²) in [5.74, 6) is 0.187. The molecule has 0 radical (unpaired) electrons. The van der Waals surface area contributed by atoms with Crippen LogP contribution in [0.3, 0.4) is 0 Å². The van der Waals surface area contributed by atoms with Crippen LogP contribution in [0.15, 0.2) is 24.3 Å². The van der Waals surface area contributed by atoms with Gasteiger partial charge in [0.25, 0.3) is 0 Å². The van der Waals surface area contributed by atoms with E-state index < -0.39 is 9.84 Å². The number of esters is 1. The van der Waals surface area contributed by atoms with Crippen LogP contribution in [0.1, 0.15) is 29.3 Å². The Labute approximate surface area is 125 Å². The number of hydrogen-bond acceptors (Lipinski definition) is 5. The van der Waals surface area contributed by atoms with Crippen molar-refractivity contribution in [3.05, 3.63) is 35.4 Å². The lowest BCUT2D eigenvalue weighted by atomic mass is 10.1. The van der Waals surface area contributed by atoms with Crippen LogP contribution in [0.25, 0.3) is 0 Å². The molecule has 1 atom stereocenters. The summed E-state index contributed by atoms with van der Waals surface area (Å²) in [6, 6.07) is 7.35. The summed E-state index contributed by atoms with van der Waals surface area (Å²) in [5.41, 5.74) is 1.58. The zero-order valence-corrected chi connectivity index (χ0v) is 13.2. The predicted molar refractivity (Wildman–Crippen MR) is 80.9 cm³/mol. The van der Waals surface area contributed by atoms with Crippen LogP contribution in [0, 0.1) is 0 Å². The maximum absolute atomic E-state index is 11.6. The normalized spacial score (nSPS) is 20.6. The van der Waals surface area contributed by atoms with E-state index >= 15 is 0 Å². The third-order valence-electron chi connectivity index (χ3n) is 3.89. The molecule has 0 aromatic heterocycles. The number of rotatable bonds is 5. The molecule has 0 saturated carbocycles. The molecule has 6 heteroatoms. The zero-order chi connectivity index (χ0) is 15.5. The van der Waals surface area contributed by atoms with E-state index in [1.54, 1.807) is 12.1 Å². The van der Waals surface area contributed by atoms with Crippen molar-refractivity contribution in [3.63, 3.8) is 0 Å². The summed E-state index contributed by atoms with van der Waals surface area (Å²) in [4.78, 5) is 13.6. The summed E-state index contributed by atoms with van der Waals surface area (Å²) in [6.07, 6.45) is 0.705. The average Bonchev–Trinajstić information content (AvgIpc) is 2.84. The Balaban J connectivity index is 2.04. The Kier molecular flexibility index (Phi) is 5.00. The summed E-state index contributed by atoms with van der Waals surface area (Å²) in [6.45, 7) is 3.53. The van der Waals surface area contributed by atoms with E-state index in [2.05, 4.69) is 9.64 Å². The molecule has 1 aromatic rings. The van der Waals surface area contributed by atoms with Gasteiger partial charge >= 0.3 is 5.97 Å². The molecular weight excluding hydrogens is 290 g/mol. The van der Waals surface area contributed by atoms with E-state index in [9.17, 15) is 13.2 Å². The van der Waals surface area contributed by atoms with Gasteiger partial charge in [0.15, 0.2) is 9.84 Å². The first-order valence-corrected chi connectivity index (χ1v) is 8.89. The molecule has 0 amide bonds. The minimum Gasteiger partial charge on any atom is -0.465 e. The average molecular weight is 311 g/mol. The zero-order valence-electron chi connectivity index (χ0n) is 12.4. The Bertz CT molecular complexity index is 595. The fourth-order valence-electron chi connectivity index (χ4n) is 2.66. The number of benzene rings is 1. The second-order valence-corrected chi connectivity index (χ2v) is 7.54. The van der Waals surface area contributed by atoms with Gasteiger partial charge < -0.3 is 4.74 Å². The molecule has 0 aliphatic carbocycles. The maximum Gasteiger partial charge on any atom is 0.337 e. The molecule has 1 aromatic carbocycles. The highest BCUT2D eigenvalue weighted by molar-refractivity contribution is 7.91. The lowest BCUT2D eigenvalue weighted by Gasteiger charge is -2.26. The van der Waals surface area contributed by atoms with E-state index in [0.717, 1.165) is 12.1 Å². The number of methoxy groups -OCH3 is 1. The van der Waals surface area contributed by atoms with Gasteiger partial charge in [-0.05, 0) is 30.7 Å². The molecule has 0 bridgehead atoms. The fraction of sp³-hybridized carbons (Fsp3) is 0.533. The number of sulfone groups is 1. The molecule has 21 heavy (non-hydrogen) atoms. The van der Waals surface area contributed by atoms with Crippen molar-refractivity contribution in [2.75, 3.05) is 25.2 Å². The molecule has 116 valence electrons. The van der Waals surface area contributed by atoms with Gasteiger partial charge in [0.1, 0.15) is 0 Å². The van der Waals surface area contributed by atoms with Crippen LogP contribution in [0.5, 0.6) is 0 Å². The van der Waals surface area contributed by atoms with Crippen molar-refractivity contribution in [2.45, 2.75) is 25.9 Å². The largest absolute Gasteiger partial charge is 0.465 e. The van der Waals surface area contributed by atoms with Crippen LogP contribution >= 0.6 is 0 Å². The quantitative estimate of drug-likeness (QED) is 0.771. The van der Waals surface area contributed by atoms with Gasteiger partial charge in [-0.3, -0.25) is 4.90 Å². The van der Waals surface area contributed by atoms with Crippen LogP contribution in [0.2, 0.25) is 0 Å². The molecule has 1 fully saturated rings. The minimum absolute atomic E-state index is 0.0975. The molecule has 1 heterocycles. The monoisotopic (exact) mass is 311 g/mol. The Morgan fingerprint density at radius 2 is 2.00 bits per heavy atom. The molecule has 2 rings (SSSR count). The molecule has 0 unspecified atom stereocenters. The molecule has 1 aliphatic heterocycles. The topological polar surface area (TPSA) is 63.7 Å². The van der Waals surface area contributed by atoms with Crippen molar-refractivity contribution in [1.29, 1.82) is 0 Å². The lowest BCUT2D eigenvalue weighted by Crippen LogP contribution is -2.35. The van der Waals surface area contributed by atoms with Gasteiger partial charge in [0.05, 0.1) is 24.2 Å². The summed E-state index contributed by atoms with van der Waals surface area (Å²) in [5, 5.41) is 0. The fourth-order valence-corrected chi connectivity index (χ4v) is 4.42. The smallest absolute Gasteiger partial charge is 0.337 e. The highest BCUT2D eigenvalue weighted by Crippen LogP contribution is 2.20. The van der Waals surface area contributed by atoms with E-state index in [0.29, 0.717) is 18.5 Å². The third-order valence-corrected chi connectivity index (χ3v) is 5.64. The molecule has 1 saturated heterocycles. The van der Waals surface area contributed by atoms with Crippen molar-refractivity contribution in [1.82, 2.24) is 4.90 Å². The molecule has 0 N–H and O–H groups in total. The highest BCUT2D eigenvalue weighted by atomic mass is 32.2. The minimum atomic E-state index is -2.87. The summed E-state index contributed by atoms with van der Waals surface area (Å²) in [7, 11) is -1.51. The Morgan fingerprint density at radius 1 is 1.33 bits per heavy atom. The van der Waals surface area contributed by atoms with Crippen LogP contribution in [0.4, 0.5) is 0 Å². The number of carbonyl (C=O) groups excluding carboxylic acids is 1. The van der Waals surface area contributed by atoms with Crippen LogP contribution in [-0.4, -0.2) is 50.5 Å². The standard InChI is InChI=1S/C15H21NO4S/c1-3-16(14-8-9-21(18,19)11-14)10-12-4-6-13(7-5-12)15(17)20-2/h4-7,14H,3,8-11H2,1-2H3/t14-/m1/s1. The molecular formula is C15H21NO4S. The van der Waals surface area contributed by atoms with Gasteiger partial charge in [-0.15, -0.1) is 0 Å². The number of hydrogen-bond donors (Lipinski definition) is 0. The predicted octanol–water partition coefficient (Wildman–Crippen LogP) is 1.48. The van der Waals surface area contributed by atoms with Crippen LogP contribution < -0.4 is 0 Å². The van der Waals surface area contributed by atoms with E-state index in [4.69, 9.17) is 0 Å². The molecule has 1 aliphatic rings. The molecule has 5 nitrogen and oxygen atoms in total. The highest BCUT2D eigenvalue weighted by Gasteiger charge is 2.31. The van der Waals surface area contributed by atoms with Crippen molar-refractivity contribution < 1.29 is 17.9 Å². The van der Waals surface area contributed by atoms with E-state index in [1.807, 2.05) is 19.1 Å². The van der Waals surface area contributed by atoms with Gasteiger partial charge in [0, 0.05) is 12.6 Å². The van der Waals surface area contributed by atoms with Gasteiger partial charge in [-0.1, -0.05) is 19.1 Å². The SMILES string of the molecule is CCN(Cc1ccc(C(=O)OC)cc1)[C@@H]1CCS(=O)(=O)C1. The Hall–Kier alpha value is -1.40. The van der Waals surface area contributed by atoms with Gasteiger partial charge in [-0.25, -0.2) is 13.2 Å². The second kappa shape index (κ2) is 6.58. The van der Waals surface area contributed by atoms with E-state index in [1.165, 1.54) is 7.11 Å². The van der Waals surface area contributed by atoms with E-state index in [-0.39, 0.29) is 23.5 Å². The maximum atomic E-state index is 11.6. The first-order valence-electron chi connectivity index (χ1n) is 7.07. The Morgan fingerprint density at radius 3 is 2.48 bits per heavy atom. The lowest BCUT2D eigenvalue weighted by molar-refractivity contribution is 0.0600. The number of carbonyl (C=O) groups is 1. The van der Waals surface area contributed by atoms with Crippen LogP contribution in [-0.2, 0) is 21.1 Å². The number of ether oxygens (including phenoxy) is 1. The third kappa shape index (κ3) is 4.04. The summed E-state index contributed by atoms with van der Waals surface area (Å²) < 4.78 is 27.8. The number of nitrogens with zero attached hydrogens (tertiary/aromatic N) is 1.